The molecule has 1 saturated carbocycles. The summed E-state index contributed by atoms with van der Waals surface area (Å²) in [6, 6.07) is 19.9. The lowest BCUT2D eigenvalue weighted by Crippen LogP contribution is -2.46. The lowest BCUT2D eigenvalue weighted by molar-refractivity contribution is 0.626. The fraction of sp³-hybridized carbons (Fsp3) is 0.250. The number of fused-ring (bicyclic) bond motifs is 2. The molecule has 3 aromatic rings. The van der Waals surface area contributed by atoms with Crippen LogP contribution in [0.2, 0.25) is 0 Å². The van der Waals surface area contributed by atoms with Crippen LogP contribution in [-0.4, -0.2) is 24.1 Å². The molecule has 0 spiro atoms. The molecule has 0 N–H and O–H groups in total. The fourth-order valence-corrected chi connectivity index (χ4v) is 5.31. The normalized spacial score (nSPS) is 22.0. The highest BCUT2D eigenvalue weighted by atomic mass is 19.1. The minimum absolute atomic E-state index is 0.108. The summed E-state index contributed by atoms with van der Waals surface area (Å²) >= 11 is 0. The summed E-state index contributed by atoms with van der Waals surface area (Å²) in [4.78, 5) is 12.0. The van der Waals surface area contributed by atoms with Crippen LogP contribution in [0.15, 0.2) is 79.5 Å². The van der Waals surface area contributed by atoms with E-state index in [0.29, 0.717) is 6.04 Å². The number of likely N-dealkylation sites (N-methyl/N-ethyl adjacent to an activating group) is 1. The van der Waals surface area contributed by atoms with Gasteiger partial charge in [0.2, 0.25) is 0 Å². The Hall–Kier alpha value is -3.60. The Balaban J connectivity index is 1.50. The Morgan fingerprint density at radius 2 is 1.70 bits per heavy atom. The van der Waals surface area contributed by atoms with Gasteiger partial charge >= 0.3 is 0 Å². The van der Waals surface area contributed by atoms with Crippen molar-refractivity contribution >= 4 is 23.0 Å². The highest BCUT2D eigenvalue weighted by molar-refractivity contribution is 5.87. The molecule has 5 heteroatoms. The number of aromatic nitrogens is 1. The van der Waals surface area contributed by atoms with Gasteiger partial charge in [-0.05, 0) is 55.2 Å². The molecule has 3 aliphatic rings. The Labute approximate surface area is 194 Å². The average molecular weight is 439 g/mol. The van der Waals surface area contributed by atoms with Crippen molar-refractivity contribution in [3.8, 4) is 0 Å². The van der Waals surface area contributed by atoms with Gasteiger partial charge in [0.25, 0.3) is 0 Å². The van der Waals surface area contributed by atoms with E-state index in [0.717, 1.165) is 45.4 Å². The molecule has 1 fully saturated rings. The van der Waals surface area contributed by atoms with E-state index >= 15 is 0 Å². The number of rotatable bonds is 3. The molecule has 1 aromatic heterocycles. The molecule has 1 aliphatic carbocycles. The van der Waals surface area contributed by atoms with Gasteiger partial charge in [0.05, 0.1) is 17.8 Å². The molecular formula is C28H27FN4. The predicted octanol–water partition coefficient (Wildman–Crippen LogP) is 6.12. The third-order valence-electron chi connectivity index (χ3n) is 7.26. The van der Waals surface area contributed by atoms with E-state index in [9.17, 15) is 4.39 Å². The number of hydrogen-bond acceptors (Lipinski definition) is 4. The molecule has 6 rings (SSSR count). The van der Waals surface area contributed by atoms with Crippen LogP contribution < -0.4 is 14.7 Å². The van der Waals surface area contributed by atoms with Crippen molar-refractivity contribution in [2.24, 2.45) is 0 Å². The highest BCUT2D eigenvalue weighted by Crippen LogP contribution is 2.49. The summed E-state index contributed by atoms with van der Waals surface area (Å²) in [5.74, 6) is 1.61. The van der Waals surface area contributed by atoms with Gasteiger partial charge in [0.1, 0.15) is 11.6 Å². The molecule has 0 bridgehead atoms. The van der Waals surface area contributed by atoms with Crippen molar-refractivity contribution in [2.75, 3.05) is 21.7 Å². The number of hydrogen-bond donors (Lipinski definition) is 0. The van der Waals surface area contributed by atoms with Gasteiger partial charge in [-0.1, -0.05) is 49.6 Å². The van der Waals surface area contributed by atoms with Crippen LogP contribution in [0.3, 0.4) is 0 Å². The third-order valence-corrected chi connectivity index (χ3v) is 7.26. The van der Waals surface area contributed by atoms with E-state index in [2.05, 4.69) is 66.1 Å². The molecule has 0 amide bonds. The first kappa shape index (κ1) is 20.0. The molecule has 4 nitrogen and oxygen atoms in total. The summed E-state index contributed by atoms with van der Waals surface area (Å²) in [7, 11) is 2.06. The van der Waals surface area contributed by atoms with Gasteiger partial charge in [-0.25, -0.2) is 9.37 Å². The molecule has 3 heterocycles. The lowest BCUT2D eigenvalue weighted by atomic mass is 9.98. The number of pyridine rings is 1. The van der Waals surface area contributed by atoms with E-state index in [4.69, 9.17) is 4.98 Å². The zero-order valence-corrected chi connectivity index (χ0v) is 19.0. The van der Waals surface area contributed by atoms with Crippen molar-refractivity contribution < 1.29 is 4.39 Å². The SMILES string of the molecule is C=C1C(C)N(C2CC2)c2nc(N3C(=C)c4ccccc4C3c3ccc(F)cc3)ccc2N1C. The topological polar surface area (TPSA) is 22.6 Å². The maximum absolute atomic E-state index is 13.7. The van der Waals surface area contributed by atoms with Crippen LogP contribution in [0.5, 0.6) is 0 Å². The molecule has 166 valence electrons. The molecule has 33 heavy (non-hydrogen) atoms. The number of nitrogens with zero attached hydrogens (tertiary/aromatic N) is 4. The summed E-state index contributed by atoms with van der Waals surface area (Å²) in [5.41, 5.74) is 6.35. The van der Waals surface area contributed by atoms with Crippen LogP contribution >= 0.6 is 0 Å². The Kier molecular flexibility index (Phi) is 4.37. The van der Waals surface area contributed by atoms with E-state index in [1.54, 1.807) is 0 Å². The third kappa shape index (κ3) is 2.99. The summed E-state index contributed by atoms with van der Waals surface area (Å²) in [6.45, 7) is 11.0. The maximum Gasteiger partial charge on any atom is 0.155 e. The molecule has 0 radical (unpaired) electrons. The van der Waals surface area contributed by atoms with Crippen molar-refractivity contribution in [1.29, 1.82) is 0 Å². The standard InChI is InChI=1S/C28H27FN4/c1-17-18(2)32(22-13-14-22)28-25(31(17)4)15-16-26(30-28)33-19(3)23-7-5-6-8-24(23)27(33)20-9-11-21(29)12-10-20/h5-12,15-16,18,22,27H,1,3,13-14H2,2,4H3. The van der Waals surface area contributed by atoms with Crippen molar-refractivity contribution in [1.82, 2.24) is 4.98 Å². The summed E-state index contributed by atoms with van der Waals surface area (Å²) in [6.07, 6.45) is 2.37. The maximum atomic E-state index is 13.7. The Morgan fingerprint density at radius 1 is 0.970 bits per heavy atom. The lowest BCUT2D eigenvalue weighted by Gasteiger charge is -2.43. The largest absolute Gasteiger partial charge is 0.344 e. The van der Waals surface area contributed by atoms with Gasteiger partial charge < -0.3 is 14.7 Å². The van der Waals surface area contributed by atoms with Crippen LogP contribution in [0, 0.1) is 5.82 Å². The van der Waals surface area contributed by atoms with E-state index in [-0.39, 0.29) is 17.9 Å². The zero-order chi connectivity index (χ0) is 22.9. The minimum atomic E-state index is -0.236. The van der Waals surface area contributed by atoms with Gasteiger partial charge in [-0.3, -0.25) is 0 Å². The highest BCUT2D eigenvalue weighted by Gasteiger charge is 2.41. The van der Waals surface area contributed by atoms with Crippen molar-refractivity contribution in [2.45, 2.75) is 37.9 Å². The summed E-state index contributed by atoms with van der Waals surface area (Å²) in [5, 5.41) is 0. The van der Waals surface area contributed by atoms with E-state index in [1.807, 2.05) is 24.3 Å². The van der Waals surface area contributed by atoms with E-state index < -0.39 is 0 Å². The smallest absolute Gasteiger partial charge is 0.155 e. The van der Waals surface area contributed by atoms with Gasteiger partial charge in [0, 0.05) is 30.0 Å². The van der Waals surface area contributed by atoms with Gasteiger partial charge in [-0.15, -0.1) is 0 Å². The Bertz CT molecular complexity index is 1280. The first-order valence-electron chi connectivity index (χ1n) is 11.5. The van der Waals surface area contributed by atoms with E-state index in [1.165, 1.54) is 25.0 Å². The fourth-order valence-electron chi connectivity index (χ4n) is 5.31. The molecule has 0 saturated heterocycles. The van der Waals surface area contributed by atoms with Gasteiger partial charge in [0.15, 0.2) is 5.82 Å². The quantitative estimate of drug-likeness (QED) is 0.491. The van der Waals surface area contributed by atoms with Gasteiger partial charge in [-0.2, -0.15) is 0 Å². The van der Waals surface area contributed by atoms with Crippen molar-refractivity contribution in [3.05, 3.63) is 102 Å². The minimum Gasteiger partial charge on any atom is -0.344 e. The van der Waals surface area contributed by atoms with Crippen LogP contribution in [0.1, 0.15) is 42.5 Å². The number of anilines is 3. The second-order valence-corrected chi connectivity index (χ2v) is 9.23. The second kappa shape index (κ2) is 7.20. The monoisotopic (exact) mass is 438 g/mol. The predicted molar refractivity (Wildman–Crippen MR) is 133 cm³/mol. The average Bonchev–Trinajstić information content (AvgIpc) is 3.62. The van der Waals surface area contributed by atoms with Crippen LogP contribution in [0.25, 0.3) is 5.70 Å². The first-order chi connectivity index (χ1) is 16.0. The van der Waals surface area contributed by atoms with Crippen molar-refractivity contribution in [3.63, 3.8) is 0 Å². The summed E-state index contributed by atoms with van der Waals surface area (Å²) < 4.78 is 13.7. The van der Waals surface area contributed by atoms with Crippen LogP contribution in [0.4, 0.5) is 21.7 Å². The second-order valence-electron chi connectivity index (χ2n) is 9.23. The number of benzene rings is 2. The van der Waals surface area contributed by atoms with Crippen LogP contribution in [-0.2, 0) is 0 Å². The first-order valence-corrected chi connectivity index (χ1v) is 11.5. The molecular weight excluding hydrogens is 411 g/mol. The molecule has 2 atom stereocenters. The molecule has 2 aliphatic heterocycles. The number of halogens is 1. The molecule has 2 aromatic carbocycles. The zero-order valence-electron chi connectivity index (χ0n) is 19.0. The molecule has 2 unspecified atom stereocenters. The Morgan fingerprint density at radius 3 is 2.42 bits per heavy atom.